The Morgan fingerprint density at radius 1 is 1.42 bits per heavy atom. The van der Waals surface area contributed by atoms with Crippen molar-refractivity contribution in [1.29, 1.82) is 0 Å². The van der Waals surface area contributed by atoms with Crippen LogP contribution in [0.3, 0.4) is 0 Å². The van der Waals surface area contributed by atoms with Gasteiger partial charge in [-0.15, -0.1) is 0 Å². The van der Waals surface area contributed by atoms with Gasteiger partial charge in [0.25, 0.3) is 0 Å². The molecular weight excluding hydrogens is 170 g/mol. The van der Waals surface area contributed by atoms with Crippen molar-refractivity contribution in [2.75, 3.05) is 7.05 Å². The number of hydrogen-bond donors (Lipinski definition) is 1. The Morgan fingerprint density at radius 2 is 2.08 bits per heavy atom. The van der Waals surface area contributed by atoms with E-state index in [0.29, 0.717) is 6.04 Å². The molecule has 66 valence electrons. The van der Waals surface area contributed by atoms with E-state index in [-0.39, 0.29) is 0 Å². The topological polar surface area (TPSA) is 12.0 Å². The second-order valence-corrected chi connectivity index (χ2v) is 3.45. The minimum atomic E-state index is 0.391. The Hall–Kier alpha value is -0.530. The summed E-state index contributed by atoms with van der Waals surface area (Å²) in [5.41, 5.74) is 2.55. The van der Waals surface area contributed by atoms with Crippen molar-refractivity contribution >= 4 is 11.6 Å². The Bertz CT molecular complexity index is 271. The maximum Gasteiger partial charge on any atom is 0.0408 e. The van der Waals surface area contributed by atoms with Crippen molar-refractivity contribution < 1.29 is 0 Å². The summed E-state index contributed by atoms with van der Waals surface area (Å²) in [4.78, 5) is 0. The maximum atomic E-state index is 5.84. The number of benzene rings is 1. The van der Waals surface area contributed by atoms with E-state index in [0.717, 1.165) is 5.02 Å². The van der Waals surface area contributed by atoms with Gasteiger partial charge < -0.3 is 5.32 Å². The fraction of sp³-hybridized carbons (Fsp3) is 0.400. The number of halogens is 1. The highest BCUT2D eigenvalue weighted by Gasteiger charge is 2.05. The Morgan fingerprint density at radius 3 is 2.58 bits per heavy atom. The summed E-state index contributed by atoms with van der Waals surface area (Å²) in [5, 5.41) is 4.00. The van der Waals surface area contributed by atoms with Gasteiger partial charge in [0.15, 0.2) is 0 Å². The lowest BCUT2D eigenvalue weighted by Crippen LogP contribution is -2.13. The zero-order valence-corrected chi connectivity index (χ0v) is 8.44. The monoisotopic (exact) mass is 183 g/mol. The van der Waals surface area contributed by atoms with Crippen molar-refractivity contribution in [3.63, 3.8) is 0 Å². The minimum absolute atomic E-state index is 0.391. The number of rotatable bonds is 2. The summed E-state index contributed by atoms with van der Waals surface area (Å²) >= 11 is 5.84. The van der Waals surface area contributed by atoms with E-state index in [2.05, 4.69) is 25.2 Å². The number of nitrogens with one attached hydrogen (secondary N) is 1. The number of aryl methyl sites for hydroxylation is 1. The molecule has 0 bridgehead atoms. The van der Waals surface area contributed by atoms with Gasteiger partial charge in [-0.25, -0.2) is 0 Å². The van der Waals surface area contributed by atoms with E-state index in [9.17, 15) is 0 Å². The van der Waals surface area contributed by atoms with E-state index >= 15 is 0 Å². The molecule has 0 amide bonds. The Balaban J connectivity index is 3.01. The highest BCUT2D eigenvalue weighted by Crippen LogP contribution is 2.20. The van der Waals surface area contributed by atoms with E-state index in [4.69, 9.17) is 11.6 Å². The van der Waals surface area contributed by atoms with Gasteiger partial charge in [0.2, 0.25) is 0 Å². The summed E-state index contributed by atoms with van der Waals surface area (Å²) in [5.74, 6) is 0. The molecule has 0 aliphatic heterocycles. The smallest absolute Gasteiger partial charge is 0.0408 e. The van der Waals surface area contributed by atoms with Gasteiger partial charge in [0, 0.05) is 11.1 Å². The molecule has 0 spiro atoms. The Labute approximate surface area is 78.7 Å². The molecule has 0 aliphatic rings. The molecule has 0 heterocycles. The SMILES string of the molecule is CNC(C)c1ccc(Cl)cc1C. The van der Waals surface area contributed by atoms with Crippen molar-refractivity contribution in [2.24, 2.45) is 0 Å². The van der Waals surface area contributed by atoms with Gasteiger partial charge in [-0.05, 0) is 44.2 Å². The van der Waals surface area contributed by atoms with E-state index < -0.39 is 0 Å². The van der Waals surface area contributed by atoms with Crippen molar-refractivity contribution in [1.82, 2.24) is 5.32 Å². The first-order valence-electron chi connectivity index (χ1n) is 4.08. The second-order valence-electron chi connectivity index (χ2n) is 3.01. The third kappa shape index (κ3) is 1.99. The van der Waals surface area contributed by atoms with Gasteiger partial charge in [0.1, 0.15) is 0 Å². The molecule has 12 heavy (non-hydrogen) atoms. The summed E-state index contributed by atoms with van der Waals surface area (Å²) < 4.78 is 0. The minimum Gasteiger partial charge on any atom is -0.313 e. The van der Waals surface area contributed by atoms with Gasteiger partial charge in [-0.1, -0.05) is 17.7 Å². The summed E-state index contributed by atoms with van der Waals surface area (Å²) in [6.45, 7) is 4.21. The zero-order chi connectivity index (χ0) is 9.14. The third-order valence-corrected chi connectivity index (χ3v) is 2.37. The van der Waals surface area contributed by atoms with Crippen LogP contribution in [-0.4, -0.2) is 7.05 Å². The quantitative estimate of drug-likeness (QED) is 0.744. The molecule has 2 heteroatoms. The molecule has 0 saturated carbocycles. The largest absolute Gasteiger partial charge is 0.313 e. The molecule has 1 rings (SSSR count). The first kappa shape index (κ1) is 9.56. The lowest BCUT2D eigenvalue weighted by atomic mass is 10.0. The molecule has 1 aromatic carbocycles. The fourth-order valence-electron chi connectivity index (χ4n) is 1.28. The van der Waals surface area contributed by atoms with Crippen molar-refractivity contribution in [3.05, 3.63) is 34.3 Å². The highest BCUT2D eigenvalue weighted by molar-refractivity contribution is 6.30. The summed E-state index contributed by atoms with van der Waals surface area (Å²) in [6.07, 6.45) is 0. The summed E-state index contributed by atoms with van der Waals surface area (Å²) in [7, 11) is 1.96. The summed E-state index contributed by atoms with van der Waals surface area (Å²) in [6, 6.07) is 6.38. The van der Waals surface area contributed by atoms with E-state index in [1.807, 2.05) is 19.2 Å². The van der Waals surface area contributed by atoms with Crippen LogP contribution in [0.25, 0.3) is 0 Å². The van der Waals surface area contributed by atoms with E-state index in [1.165, 1.54) is 11.1 Å². The van der Waals surface area contributed by atoms with Crippen molar-refractivity contribution in [3.8, 4) is 0 Å². The molecule has 1 aromatic rings. The fourth-order valence-corrected chi connectivity index (χ4v) is 1.51. The van der Waals surface area contributed by atoms with Crippen LogP contribution in [0.2, 0.25) is 5.02 Å². The highest BCUT2D eigenvalue weighted by atomic mass is 35.5. The first-order chi connectivity index (χ1) is 5.65. The molecule has 0 aromatic heterocycles. The predicted octanol–water partition coefficient (Wildman–Crippen LogP) is 2.93. The molecule has 1 atom stereocenters. The van der Waals surface area contributed by atoms with Gasteiger partial charge in [-0.3, -0.25) is 0 Å². The van der Waals surface area contributed by atoms with E-state index in [1.54, 1.807) is 0 Å². The van der Waals surface area contributed by atoms with Gasteiger partial charge in [-0.2, -0.15) is 0 Å². The van der Waals surface area contributed by atoms with Crippen LogP contribution >= 0.6 is 11.6 Å². The standard InChI is InChI=1S/C10H14ClN/c1-7-6-9(11)4-5-10(7)8(2)12-3/h4-6,8,12H,1-3H3. The van der Waals surface area contributed by atoms with Gasteiger partial charge >= 0.3 is 0 Å². The first-order valence-corrected chi connectivity index (χ1v) is 4.46. The van der Waals surface area contributed by atoms with Crippen LogP contribution in [-0.2, 0) is 0 Å². The molecule has 1 nitrogen and oxygen atoms in total. The molecule has 0 saturated heterocycles. The molecule has 0 aliphatic carbocycles. The molecular formula is C10H14ClN. The maximum absolute atomic E-state index is 5.84. The van der Waals surface area contributed by atoms with Crippen LogP contribution in [0, 0.1) is 6.92 Å². The van der Waals surface area contributed by atoms with Crippen LogP contribution in [0.15, 0.2) is 18.2 Å². The molecule has 0 fully saturated rings. The average molecular weight is 184 g/mol. The molecule has 1 unspecified atom stereocenters. The average Bonchev–Trinajstić information content (AvgIpc) is 2.03. The van der Waals surface area contributed by atoms with Crippen molar-refractivity contribution in [2.45, 2.75) is 19.9 Å². The normalized spacial score (nSPS) is 13.0. The van der Waals surface area contributed by atoms with Crippen LogP contribution in [0.1, 0.15) is 24.1 Å². The third-order valence-electron chi connectivity index (χ3n) is 2.13. The number of hydrogen-bond acceptors (Lipinski definition) is 1. The van der Waals surface area contributed by atoms with Crippen LogP contribution < -0.4 is 5.32 Å². The molecule has 0 radical (unpaired) electrons. The zero-order valence-electron chi connectivity index (χ0n) is 7.69. The molecule has 1 N–H and O–H groups in total. The lowest BCUT2D eigenvalue weighted by Gasteiger charge is -2.13. The predicted molar refractivity (Wildman–Crippen MR) is 53.7 cm³/mol. The van der Waals surface area contributed by atoms with Gasteiger partial charge in [0.05, 0.1) is 0 Å². The lowest BCUT2D eigenvalue weighted by molar-refractivity contribution is 0.648. The van der Waals surface area contributed by atoms with Crippen LogP contribution in [0.5, 0.6) is 0 Å². The Kier molecular flexibility index (Phi) is 3.12. The second kappa shape index (κ2) is 3.92. The van der Waals surface area contributed by atoms with Crippen LogP contribution in [0.4, 0.5) is 0 Å².